The quantitative estimate of drug-likeness (QED) is 0.272. The molecule has 8 heteroatoms. The molecule has 4 N–H and O–H groups in total. The maximum absolute atomic E-state index is 12.6. The predicted octanol–water partition coefficient (Wildman–Crippen LogP) is -0.549. The van der Waals surface area contributed by atoms with Crippen LogP contribution in [-0.4, -0.2) is 62.6 Å². The number of hydrogen-bond donors (Lipinski definition) is 3. The first kappa shape index (κ1) is 16.0. The van der Waals surface area contributed by atoms with Gasteiger partial charge in [-0.25, -0.2) is 0 Å². The summed E-state index contributed by atoms with van der Waals surface area (Å²) < 4.78 is 16.1. The van der Waals surface area contributed by atoms with E-state index in [9.17, 15) is 4.79 Å². The summed E-state index contributed by atoms with van der Waals surface area (Å²) in [5.74, 6) is -0.332. The second-order valence-electron chi connectivity index (χ2n) is 5.55. The molecule has 2 aliphatic rings. The highest BCUT2D eigenvalue weighted by Gasteiger charge is 2.45. The van der Waals surface area contributed by atoms with Gasteiger partial charge in [-0.15, -0.1) is 0 Å². The zero-order valence-corrected chi connectivity index (χ0v) is 12.3. The maximum Gasteiger partial charge on any atom is 0.234 e. The van der Waals surface area contributed by atoms with E-state index < -0.39 is 11.0 Å². The summed E-state index contributed by atoms with van der Waals surface area (Å²) in [6.45, 7) is 2.21. The van der Waals surface area contributed by atoms with E-state index in [1.54, 1.807) is 7.11 Å². The highest BCUT2D eigenvalue weighted by molar-refractivity contribution is 6.06. The predicted molar refractivity (Wildman–Crippen MR) is 74.1 cm³/mol. The Labute approximate surface area is 123 Å². The molecule has 0 radical (unpaired) electrons. The smallest absolute Gasteiger partial charge is 0.234 e. The van der Waals surface area contributed by atoms with E-state index in [2.05, 4.69) is 10.5 Å². The molecule has 0 spiro atoms. The van der Waals surface area contributed by atoms with E-state index in [-0.39, 0.29) is 11.7 Å². The summed E-state index contributed by atoms with van der Waals surface area (Å²) in [4.78, 5) is 12.6. The van der Waals surface area contributed by atoms with Crippen molar-refractivity contribution in [3.8, 4) is 0 Å². The van der Waals surface area contributed by atoms with E-state index in [4.69, 9.17) is 25.2 Å². The minimum atomic E-state index is -1.01. The first-order chi connectivity index (χ1) is 10.1. The van der Waals surface area contributed by atoms with Crippen LogP contribution in [0.4, 0.5) is 0 Å². The highest BCUT2D eigenvalue weighted by atomic mass is 16.5. The molecule has 2 saturated heterocycles. The fourth-order valence-electron chi connectivity index (χ4n) is 2.79. The van der Waals surface area contributed by atoms with Crippen LogP contribution in [0.3, 0.4) is 0 Å². The topological polar surface area (TPSA) is 115 Å². The lowest BCUT2D eigenvalue weighted by molar-refractivity contribution is -0.133. The standard InChI is InChI=1S/C13H23N3O5/c1-19-12(2-5-21-9-12)8-15-11(17)13(10(14)16-18)3-6-20-7-4-13/h18H,2-9H2,1H3,(H2,14,16)(H,15,17). The Morgan fingerprint density at radius 1 is 1.33 bits per heavy atom. The number of nitrogens with zero attached hydrogens (tertiary/aromatic N) is 1. The summed E-state index contributed by atoms with van der Waals surface area (Å²) in [6, 6.07) is 0. The zero-order valence-electron chi connectivity index (χ0n) is 12.3. The van der Waals surface area contributed by atoms with Crippen molar-refractivity contribution in [1.29, 1.82) is 0 Å². The minimum absolute atomic E-state index is 0.0718. The van der Waals surface area contributed by atoms with Crippen molar-refractivity contribution in [3.63, 3.8) is 0 Å². The van der Waals surface area contributed by atoms with Gasteiger partial charge in [0.15, 0.2) is 5.84 Å². The van der Waals surface area contributed by atoms with Gasteiger partial charge in [-0.3, -0.25) is 4.79 Å². The van der Waals surface area contributed by atoms with E-state index in [0.29, 0.717) is 45.8 Å². The molecule has 0 bridgehead atoms. The number of methoxy groups -OCH3 is 1. The van der Waals surface area contributed by atoms with Gasteiger partial charge in [-0.1, -0.05) is 5.16 Å². The van der Waals surface area contributed by atoms with Gasteiger partial charge in [0.2, 0.25) is 5.91 Å². The number of ether oxygens (including phenoxy) is 3. The van der Waals surface area contributed by atoms with Gasteiger partial charge >= 0.3 is 0 Å². The van der Waals surface area contributed by atoms with Gasteiger partial charge < -0.3 is 30.5 Å². The van der Waals surface area contributed by atoms with Crippen LogP contribution in [0.1, 0.15) is 19.3 Å². The molecule has 1 amide bonds. The third-order valence-electron chi connectivity index (χ3n) is 4.45. The van der Waals surface area contributed by atoms with Crippen LogP contribution >= 0.6 is 0 Å². The van der Waals surface area contributed by atoms with Gasteiger partial charge in [0.05, 0.1) is 6.61 Å². The molecule has 1 unspecified atom stereocenters. The van der Waals surface area contributed by atoms with Crippen molar-refractivity contribution in [2.24, 2.45) is 16.3 Å². The van der Waals surface area contributed by atoms with E-state index in [0.717, 1.165) is 6.42 Å². The molecule has 21 heavy (non-hydrogen) atoms. The molecule has 0 aromatic carbocycles. The van der Waals surface area contributed by atoms with Crippen molar-refractivity contribution < 1.29 is 24.2 Å². The second kappa shape index (κ2) is 6.59. The van der Waals surface area contributed by atoms with Crippen LogP contribution in [0.15, 0.2) is 5.16 Å². The molecule has 2 aliphatic heterocycles. The molecular formula is C13H23N3O5. The number of hydrogen-bond acceptors (Lipinski definition) is 6. The lowest BCUT2D eigenvalue weighted by Crippen LogP contribution is -2.55. The lowest BCUT2D eigenvalue weighted by atomic mass is 9.78. The molecule has 8 nitrogen and oxygen atoms in total. The molecule has 2 fully saturated rings. The van der Waals surface area contributed by atoms with E-state index in [1.807, 2.05) is 0 Å². The Morgan fingerprint density at radius 2 is 2.00 bits per heavy atom. The summed E-state index contributed by atoms with van der Waals surface area (Å²) in [6.07, 6.45) is 1.51. The number of amidine groups is 1. The molecular weight excluding hydrogens is 278 g/mol. The average Bonchev–Trinajstić information content (AvgIpc) is 3.02. The highest BCUT2D eigenvalue weighted by Crippen LogP contribution is 2.31. The van der Waals surface area contributed by atoms with Crippen molar-refractivity contribution in [3.05, 3.63) is 0 Å². The fourth-order valence-corrected chi connectivity index (χ4v) is 2.79. The summed E-state index contributed by atoms with van der Waals surface area (Å²) in [7, 11) is 1.61. The Morgan fingerprint density at radius 3 is 2.52 bits per heavy atom. The summed E-state index contributed by atoms with van der Waals surface area (Å²) >= 11 is 0. The Hall–Kier alpha value is -1.38. The van der Waals surface area contributed by atoms with Crippen LogP contribution in [0.25, 0.3) is 0 Å². The first-order valence-corrected chi connectivity index (χ1v) is 7.05. The largest absolute Gasteiger partial charge is 0.409 e. The molecule has 2 rings (SSSR count). The van der Waals surface area contributed by atoms with Crippen LogP contribution in [-0.2, 0) is 19.0 Å². The molecule has 0 saturated carbocycles. The number of carbonyl (C=O) groups is 1. The molecule has 0 aromatic heterocycles. The fraction of sp³-hybridized carbons (Fsp3) is 0.846. The van der Waals surface area contributed by atoms with E-state index in [1.165, 1.54) is 0 Å². The molecule has 2 heterocycles. The van der Waals surface area contributed by atoms with Crippen LogP contribution in [0, 0.1) is 5.41 Å². The number of carbonyl (C=O) groups excluding carboxylic acids is 1. The number of nitrogens with one attached hydrogen (secondary N) is 1. The number of rotatable bonds is 5. The number of oxime groups is 1. The van der Waals surface area contributed by atoms with Crippen molar-refractivity contribution in [2.75, 3.05) is 40.1 Å². The summed E-state index contributed by atoms with van der Waals surface area (Å²) in [5.41, 5.74) is 4.26. The second-order valence-corrected chi connectivity index (χ2v) is 5.55. The number of nitrogens with two attached hydrogens (primary N) is 1. The van der Waals surface area contributed by atoms with Crippen LogP contribution in [0.5, 0.6) is 0 Å². The monoisotopic (exact) mass is 301 g/mol. The molecule has 120 valence electrons. The van der Waals surface area contributed by atoms with Crippen molar-refractivity contribution in [1.82, 2.24) is 5.32 Å². The Kier molecular flexibility index (Phi) is 5.02. The van der Waals surface area contributed by atoms with Gasteiger partial charge in [-0.2, -0.15) is 0 Å². The zero-order chi connectivity index (χ0) is 15.3. The van der Waals surface area contributed by atoms with Crippen LogP contribution < -0.4 is 11.1 Å². The molecule has 0 aliphatic carbocycles. The minimum Gasteiger partial charge on any atom is -0.409 e. The average molecular weight is 301 g/mol. The van der Waals surface area contributed by atoms with Gasteiger partial charge in [-0.05, 0) is 12.8 Å². The third-order valence-corrected chi connectivity index (χ3v) is 4.45. The van der Waals surface area contributed by atoms with Gasteiger partial charge in [0, 0.05) is 39.9 Å². The normalized spacial score (nSPS) is 29.3. The SMILES string of the molecule is COC1(CNC(=O)C2(C(N)=NO)CCOCC2)CCOC1. The Bertz CT molecular complexity index is 401. The first-order valence-electron chi connectivity index (χ1n) is 7.05. The van der Waals surface area contributed by atoms with E-state index >= 15 is 0 Å². The molecule has 0 aromatic rings. The maximum atomic E-state index is 12.6. The van der Waals surface area contributed by atoms with Gasteiger partial charge in [0.1, 0.15) is 11.0 Å². The van der Waals surface area contributed by atoms with Crippen molar-refractivity contribution in [2.45, 2.75) is 24.9 Å². The lowest BCUT2D eigenvalue weighted by Gasteiger charge is -2.35. The summed E-state index contributed by atoms with van der Waals surface area (Å²) in [5, 5.41) is 14.9. The van der Waals surface area contributed by atoms with Gasteiger partial charge in [0.25, 0.3) is 0 Å². The molecule has 1 atom stereocenters. The number of amides is 1. The van der Waals surface area contributed by atoms with Crippen molar-refractivity contribution >= 4 is 11.7 Å². The third kappa shape index (κ3) is 3.12. The van der Waals surface area contributed by atoms with Crippen LogP contribution in [0.2, 0.25) is 0 Å². The Balaban J connectivity index is 2.05.